The van der Waals surface area contributed by atoms with Crippen molar-refractivity contribution in [3.8, 4) is 0 Å². The number of imidazole rings is 1. The predicted octanol–water partition coefficient (Wildman–Crippen LogP) is 8.99. The Morgan fingerprint density at radius 2 is 1.33 bits per heavy atom. The Balaban J connectivity index is 1.31. The lowest BCUT2D eigenvalue weighted by molar-refractivity contribution is -0.0346. The lowest BCUT2D eigenvalue weighted by Gasteiger charge is -2.20. The summed E-state index contributed by atoms with van der Waals surface area (Å²) in [6.45, 7) is 7.90. The van der Waals surface area contributed by atoms with Gasteiger partial charge in [-0.3, -0.25) is 0 Å². The fourth-order valence-corrected chi connectivity index (χ4v) is 4.75. The van der Waals surface area contributed by atoms with E-state index in [-0.39, 0.29) is 6.10 Å². The summed E-state index contributed by atoms with van der Waals surface area (Å²) >= 11 is 0. The van der Waals surface area contributed by atoms with Crippen LogP contribution in [0.3, 0.4) is 0 Å². The van der Waals surface area contributed by atoms with Gasteiger partial charge in [-0.25, -0.2) is 4.98 Å². The van der Waals surface area contributed by atoms with Crippen LogP contribution < -0.4 is 0 Å². The first kappa shape index (κ1) is 30.6. The van der Waals surface area contributed by atoms with Crippen molar-refractivity contribution in [2.75, 3.05) is 13.2 Å². The average molecular weight is 499 g/mol. The molecule has 1 atom stereocenters. The van der Waals surface area contributed by atoms with Gasteiger partial charge in [0, 0.05) is 25.5 Å². The lowest BCUT2D eigenvalue weighted by atomic mass is 10.0. The molecule has 4 nitrogen and oxygen atoms in total. The van der Waals surface area contributed by atoms with E-state index in [1.54, 1.807) is 0 Å². The smallest absolute Gasteiger partial charge is 0.0945 e. The van der Waals surface area contributed by atoms with Gasteiger partial charge < -0.3 is 14.0 Å². The molecule has 0 spiro atoms. The van der Waals surface area contributed by atoms with Gasteiger partial charge in [0.2, 0.25) is 0 Å². The van der Waals surface area contributed by atoms with Crippen LogP contribution in [0.5, 0.6) is 0 Å². The molecule has 0 aliphatic carbocycles. The Labute approximate surface area is 222 Å². The first-order valence-corrected chi connectivity index (χ1v) is 14.9. The normalized spacial score (nSPS) is 12.4. The molecule has 0 fully saturated rings. The Morgan fingerprint density at radius 3 is 1.89 bits per heavy atom. The van der Waals surface area contributed by atoms with Crippen molar-refractivity contribution in [2.24, 2.45) is 5.92 Å². The summed E-state index contributed by atoms with van der Waals surface area (Å²) in [5.74, 6) is 0.623. The molecule has 1 unspecified atom stereocenters. The molecule has 0 radical (unpaired) electrons. The van der Waals surface area contributed by atoms with Gasteiger partial charge in [-0.2, -0.15) is 0 Å². The van der Waals surface area contributed by atoms with Gasteiger partial charge in [-0.15, -0.1) is 0 Å². The molecule has 204 valence electrons. The number of ether oxygens (including phenoxy) is 2. The SMILES string of the molecule is CC(C)CC(COCCCCCCCCCCCCCCCCn1ccnc1)OCc1ccccc1. The quantitative estimate of drug-likeness (QED) is 0.135. The fraction of sp³-hybridized carbons (Fsp3) is 0.719. The number of aromatic nitrogens is 2. The van der Waals surface area contributed by atoms with Gasteiger partial charge in [0.1, 0.15) is 0 Å². The highest BCUT2D eigenvalue weighted by molar-refractivity contribution is 5.13. The van der Waals surface area contributed by atoms with E-state index in [1.165, 1.54) is 95.5 Å². The molecule has 1 aromatic heterocycles. The summed E-state index contributed by atoms with van der Waals surface area (Å²) in [5, 5.41) is 0. The highest BCUT2D eigenvalue weighted by atomic mass is 16.5. The van der Waals surface area contributed by atoms with Crippen LogP contribution in [0.4, 0.5) is 0 Å². The third-order valence-corrected chi connectivity index (χ3v) is 6.88. The number of hydrogen-bond donors (Lipinski definition) is 0. The lowest BCUT2D eigenvalue weighted by Crippen LogP contribution is -2.22. The van der Waals surface area contributed by atoms with Crippen molar-refractivity contribution in [1.29, 1.82) is 0 Å². The summed E-state index contributed by atoms with van der Waals surface area (Å²) in [6, 6.07) is 10.4. The van der Waals surface area contributed by atoms with Crippen LogP contribution in [-0.4, -0.2) is 28.9 Å². The summed E-state index contributed by atoms with van der Waals surface area (Å²) in [6.07, 6.45) is 26.2. The standard InChI is InChI=1S/C32H54N2O2/c1-30(2)26-32(36-27-31-20-16-15-17-21-31)28-35-25-19-14-12-10-8-6-4-3-5-7-9-11-13-18-23-34-24-22-33-29-34/h15-17,20-22,24,29-30,32H,3-14,18-19,23,25-28H2,1-2H3. The monoisotopic (exact) mass is 498 g/mol. The van der Waals surface area contributed by atoms with E-state index in [2.05, 4.69) is 53.9 Å². The van der Waals surface area contributed by atoms with Crippen molar-refractivity contribution >= 4 is 0 Å². The Kier molecular flexibility index (Phi) is 18.2. The molecule has 0 N–H and O–H groups in total. The molecular formula is C32H54N2O2. The summed E-state index contributed by atoms with van der Waals surface area (Å²) in [5.41, 5.74) is 1.24. The molecule has 4 heteroatoms. The van der Waals surface area contributed by atoms with E-state index in [1.807, 2.05) is 18.6 Å². The highest BCUT2D eigenvalue weighted by Crippen LogP contribution is 2.14. The topological polar surface area (TPSA) is 36.3 Å². The molecule has 36 heavy (non-hydrogen) atoms. The van der Waals surface area contributed by atoms with E-state index >= 15 is 0 Å². The van der Waals surface area contributed by atoms with E-state index in [9.17, 15) is 0 Å². The number of aryl methyl sites for hydroxylation is 1. The third kappa shape index (κ3) is 16.9. The Bertz CT molecular complexity index is 702. The predicted molar refractivity (Wildman–Crippen MR) is 152 cm³/mol. The second-order valence-corrected chi connectivity index (χ2v) is 10.9. The molecule has 2 aromatic rings. The molecule has 0 aliphatic rings. The zero-order chi connectivity index (χ0) is 25.5. The maximum atomic E-state index is 6.15. The maximum Gasteiger partial charge on any atom is 0.0945 e. The van der Waals surface area contributed by atoms with Gasteiger partial charge in [0.15, 0.2) is 0 Å². The number of unbranched alkanes of at least 4 members (excludes halogenated alkanes) is 13. The van der Waals surface area contributed by atoms with Gasteiger partial charge in [0.25, 0.3) is 0 Å². The van der Waals surface area contributed by atoms with Gasteiger partial charge in [-0.1, -0.05) is 121 Å². The molecule has 0 saturated carbocycles. The Hall–Kier alpha value is -1.65. The zero-order valence-electron chi connectivity index (χ0n) is 23.4. The third-order valence-electron chi connectivity index (χ3n) is 6.88. The van der Waals surface area contributed by atoms with Crippen LogP contribution in [-0.2, 0) is 22.6 Å². The van der Waals surface area contributed by atoms with Crippen molar-refractivity contribution in [2.45, 2.75) is 129 Å². The minimum Gasteiger partial charge on any atom is -0.379 e. The molecule has 0 saturated heterocycles. The average Bonchev–Trinajstić information content (AvgIpc) is 3.40. The van der Waals surface area contributed by atoms with Gasteiger partial charge in [-0.05, 0) is 30.7 Å². The first-order chi connectivity index (χ1) is 17.7. The summed E-state index contributed by atoms with van der Waals surface area (Å²) in [4.78, 5) is 4.10. The maximum absolute atomic E-state index is 6.15. The zero-order valence-corrected chi connectivity index (χ0v) is 23.4. The molecule has 0 amide bonds. The second kappa shape index (κ2) is 21.4. The number of nitrogens with zero attached hydrogens (tertiary/aromatic N) is 2. The van der Waals surface area contributed by atoms with Crippen molar-refractivity contribution in [3.63, 3.8) is 0 Å². The van der Waals surface area contributed by atoms with Crippen LogP contribution in [0, 0.1) is 5.92 Å². The number of hydrogen-bond acceptors (Lipinski definition) is 3. The molecule has 1 aromatic carbocycles. The molecule has 0 aliphatic heterocycles. The molecule has 2 rings (SSSR count). The van der Waals surface area contributed by atoms with Gasteiger partial charge in [0.05, 0.1) is 25.6 Å². The van der Waals surface area contributed by atoms with E-state index in [0.29, 0.717) is 12.5 Å². The van der Waals surface area contributed by atoms with E-state index in [0.717, 1.165) is 26.2 Å². The van der Waals surface area contributed by atoms with Crippen LogP contribution >= 0.6 is 0 Å². The fourth-order valence-electron chi connectivity index (χ4n) is 4.75. The molecule has 0 bridgehead atoms. The largest absolute Gasteiger partial charge is 0.379 e. The second-order valence-electron chi connectivity index (χ2n) is 10.9. The first-order valence-electron chi connectivity index (χ1n) is 14.9. The summed E-state index contributed by atoms with van der Waals surface area (Å²) < 4.78 is 14.3. The molecular weight excluding hydrogens is 444 g/mol. The van der Waals surface area contributed by atoms with E-state index in [4.69, 9.17) is 9.47 Å². The van der Waals surface area contributed by atoms with Crippen LogP contribution in [0.1, 0.15) is 116 Å². The minimum absolute atomic E-state index is 0.193. The van der Waals surface area contributed by atoms with Gasteiger partial charge >= 0.3 is 0 Å². The number of rotatable bonds is 24. The van der Waals surface area contributed by atoms with Crippen molar-refractivity contribution < 1.29 is 9.47 Å². The van der Waals surface area contributed by atoms with Crippen molar-refractivity contribution in [1.82, 2.24) is 9.55 Å². The Morgan fingerprint density at radius 1 is 0.750 bits per heavy atom. The van der Waals surface area contributed by atoms with Crippen LogP contribution in [0.25, 0.3) is 0 Å². The summed E-state index contributed by atoms with van der Waals surface area (Å²) in [7, 11) is 0. The van der Waals surface area contributed by atoms with Crippen molar-refractivity contribution in [3.05, 3.63) is 54.6 Å². The number of benzene rings is 1. The van der Waals surface area contributed by atoms with Crippen LogP contribution in [0.2, 0.25) is 0 Å². The van der Waals surface area contributed by atoms with E-state index < -0.39 is 0 Å². The van der Waals surface area contributed by atoms with Crippen LogP contribution in [0.15, 0.2) is 49.1 Å². The minimum atomic E-state index is 0.193. The molecule has 1 heterocycles. The highest BCUT2D eigenvalue weighted by Gasteiger charge is 2.12.